The maximum Gasteiger partial charge on any atom is 0.143 e. The number of nitrogens with two attached hydrogens (primary N) is 1. The predicted molar refractivity (Wildman–Crippen MR) is 168 cm³/mol. The zero-order valence-electron chi connectivity index (χ0n) is 22.0. The van der Waals surface area contributed by atoms with E-state index in [2.05, 4.69) is 96.3 Å². The van der Waals surface area contributed by atoms with Crippen molar-refractivity contribution in [3.63, 3.8) is 0 Å². The lowest BCUT2D eigenvalue weighted by Gasteiger charge is -2.13. The van der Waals surface area contributed by atoms with Crippen LogP contribution >= 0.6 is 0 Å². The predicted octanol–water partition coefficient (Wildman–Crippen LogP) is 7.41. The SMILES string of the molecule is N/C(c1ccccc1)=c1/cccc/c1=C/CNc1ccccc1-c1cc2ccccc2c2oc3ccccc3c12. The highest BCUT2D eigenvalue weighted by Crippen LogP contribution is 2.42. The van der Waals surface area contributed by atoms with E-state index in [-0.39, 0.29) is 0 Å². The van der Waals surface area contributed by atoms with Gasteiger partial charge in [0.05, 0.1) is 0 Å². The van der Waals surface area contributed by atoms with E-state index in [0.717, 1.165) is 71.2 Å². The monoisotopic (exact) mass is 516 g/mol. The number of nitrogens with one attached hydrogen (secondary N) is 1. The third-order valence-corrected chi connectivity index (χ3v) is 7.54. The Bertz CT molecular complexity index is 2120. The van der Waals surface area contributed by atoms with Crippen LogP contribution < -0.4 is 21.5 Å². The molecule has 0 unspecified atom stereocenters. The fourth-order valence-electron chi connectivity index (χ4n) is 5.61. The Balaban J connectivity index is 1.34. The van der Waals surface area contributed by atoms with E-state index < -0.39 is 0 Å². The molecule has 3 heteroatoms. The Labute approximate surface area is 232 Å². The van der Waals surface area contributed by atoms with Crippen LogP contribution in [-0.2, 0) is 0 Å². The summed E-state index contributed by atoms with van der Waals surface area (Å²) in [5.74, 6) is 0. The highest BCUT2D eigenvalue weighted by Gasteiger charge is 2.17. The Hall–Kier alpha value is -5.28. The third-order valence-electron chi connectivity index (χ3n) is 7.54. The van der Waals surface area contributed by atoms with Gasteiger partial charge in [-0.05, 0) is 39.9 Å². The summed E-state index contributed by atoms with van der Waals surface area (Å²) in [7, 11) is 0. The fraction of sp³-hybridized carbons (Fsp3) is 0.0270. The van der Waals surface area contributed by atoms with Crippen molar-refractivity contribution in [3.8, 4) is 11.1 Å². The van der Waals surface area contributed by atoms with Crippen molar-refractivity contribution in [1.82, 2.24) is 0 Å². The van der Waals surface area contributed by atoms with Gasteiger partial charge in [-0.3, -0.25) is 0 Å². The van der Waals surface area contributed by atoms with Gasteiger partial charge in [-0.2, -0.15) is 0 Å². The van der Waals surface area contributed by atoms with E-state index in [0.29, 0.717) is 6.54 Å². The van der Waals surface area contributed by atoms with Crippen LogP contribution in [-0.4, -0.2) is 6.54 Å². The van der Waals surface area contributed by atoms with E-state index in [1.165, 1.54) is 0 Å². The van der Waals surface area contributed by atoms with Crippen molar-refractivity contribution in [1.29, 1.82) is 0 Å². The van der Waals surface area contributed by atoms with Gasteiger partial charge in [0.2, 0.25) is 0 Å². The standard InChI is InChI=1S/C37H28N2O/c38-36(26-13-2-1-3-14-26)28-16-6-4-12-25(28)22-23-39-33-20-10-8-18-30(33)32-24-27-15-5-7-17-29(27)37-35(32)31-19-9-11-21-34(31)40-37/h1-22,24,39H,23,38H2/b25-22-,36-28-. The van der Waals surface area contributed by atoms with Gasteiger partial charge in [0.1, 0.15) is 11.2 Å². The Morgan fingerprint density at radius 2 is 1.38 bits per heavy atom. The second kappa shape index (κ2) is 10.1. The first kappa shape index (κ1) is 23.8. The van der Waals surface area contributed by atoms with Gasteiger partial charge >= 0.3 is 0 Å². The molecule has 0 spiro atoms. The maximum absolute atomic E-state index is 6.60. The van der Waals surface area contributed by atoms with Gasteiger partial charge in [-0.15, -0.1) is 0 Å². The van der Waals surface area contributed by atoms with Crippen LogP contribution in [0.5, 0.6) is 0 Å². The van der Waals surface area contributed by atoms with Crippen LogP contribution in [0.25, 0.3) is 55.6 Å². The van der Waals surface area contributed by atoms with Crippen molar-refractivity contribution < 1.29 is 4.42 Å². The highest BCUT2D eigenvalue weighted by molar-refractivity contribution is 6.21. The van der Waals surface area contributed by atoms with Gasteiger partial charge < -0.3 is 15.5 Å². The molecule has 0 saturated carbocycles. The maximum atomic E-state index is 6.60. The molecule has 3 nitrogen and oxygen atoms in total. The van der Waals surface area contributed by atoms with Crippen LogP contribution in [0.15, 0.2) is 138 Å². The minimum atomic E-state index is 0.652. The summed E-state index contributed by atoms with van der Waals surface area (Å²) in [6, 6.07) is 45.9. The Morgan fingerprint density at radius 1 is 0.675 bits per heavy atom. The number of rotatable bonds is 5. The number of hydrogen-bond donors (Lipinski definition) is 2. The first-order chi connectivity index (χ1) is 19.8. The molecular formula is C37H28N2O. The number of hydrogen-bond acceptors (Lipinski definition) is 3. The van der Waals surface area contributed by atoms with Crippen molar-refractivity contribution in [2.24, 2.45) is 5.73 Å². The third kappa shape index (κ3) is 4.18. The molecule has 3 N–H and O–H groups in total. The number of para-hydroxylation sites is 2. The average molecular weight is 517 g/mol. The summed E-state index contributed by atoms with van der Waals surface area (Å²) in [5, 5.41) is 10.4. The fourth-order valence-corrected chi connectivity index (χ4v) is 5.61. The molecule has 0 atom stereocenters. The molecule has 0 aliphatic heterocycles. The summed E-state index contributed by atoms with van der Waals surface area (Å²) < 4.78 is 6.44. The lowest BCUT2D eigenvalue weighted by molar-refractivity contribution is 0.673. The van der Waals surface area contributed by atoms with Crippen molar-refractivity contribution in [3.05, 3.63) is 149 Å². The van der Waals surface area contributed by atoms with Gasteiger partial charge in [-0.25, -0.2) is 0 Å². The normalized spacial score (nSPS) is 12.8. The lowest BCUT2D eigenvalue weighted by Crippen LogP contribution is -2.30. The van der Waals surface area contributed by atoms with E-state index in [1.54, 1.807) is 0 Å². The molecule has 1 heterocycles. The number of benzene rings is 6. The molecular weight excluding hydrogens is 488 g/mol. The van der Waals surface area contributed by atoms with Crippen molar-refractivity contribution >= 4 is 50.2 Å². The van der Waals surface area contributed by atoms with Crippen LogP contribution in [0.3, 0.4) is 0 Å². The summed E-state index contributed by atoms with van der Waals surface area (Å²) in [4.78, 5) is 0. The van der Waals surface area contributed by atoms with Crippen LogP contribution in [0.4, 0.5) is 5.69 Å². The van der Waals surface area contributed by atoms with Gasteiger partial charge in [0, 0.05) is 44.9 Å². The first-order valence-corrected chi connectivity index (χ1v) is 13.5. The van der Waals surface area contributed by atoms with E-state index in [4.69, 9.17) is 10.2 Å². The minimum absolute atomic E-state index is 0.652. The van der Waals surface area contributed by atoms with Crippen LogP contribution in [0, 0.1) is 0 Å². The Morgan fingerprint density at radius 3 is 2.27 bits per heavy atom. The second-order valence-corrected chi connectivity index (χ2v) is 9.95. The molecule has 0 fully saturated rings. The first-order valence-electron chi connectivity index (χ1n) is 13.5. The van der Waals surface area contributed by atoms with E-state index in [1.807, 2.05) is 48.5 Å². The number of fused-ring (bicyclic) bond motifs is 5. The quantitative estimate of drug-likeness (QED) is 0.250. The van der Waals surface area contributed by atoms with E-state index >= 15 is 0 Å². The molecule has 7 aromatic rings. The zero-order chi connectivity index (χ0) is 26.9. The summed E-state index contributed by atoms with van der Waals surface area (Å²) >= 11 is 0. The smallest absolute Gasteiger partial charge is 0.143 e. The van der Waals surface area contributed by atoms with E-state index in [9.17, 15) is 0 Å². The van der Waals surface area contributed by atoms with Gasteiger partial charge in [-0.1, -0.05) is 121 Å². The van der Waals surface area contributed by atoms with Gasteiger partial charge in [0.15, 0.2) is 0 Å². The number of furan rings is 1. The molecule has 6 aromatic carbocycles. The molecule has 0 bridgehead atoms. The Kier molecular flexibility index (Phi) is 6.02. The lowest BCUT2D eigenvalue weighted by atomic mass is 9.94. The summed E-state index contributed by atoms with van der Waals surface area (Å²) in [5.41, 5.74) is 13.6. The molecule has 40 heavy (non-hydrogen) atoms. The molecule has 192 valence electrons. The molecule has 0 amide bonds. The van der Waals surface area contributed by atoms with Crippen molar-refractivity contribution in [2.45, 2.75) is 0 Å². The largest absolute Gasteiger partial charge is 0.455 e. The highest BCUT2D eigenvalue weighted by atomic mass is 16.3. The molecule has 7 rings (SSSR count). The topological polar surface area (TPSA) is 51.2 Å². The summed E-state index contributed by atoms with van der Waals surface area (Å²) in [6.45, 7) is 0.652. The van der Waals surface area contributed by atoms with Gasteiger partial charge in [0.25, 0.3) is 0 Å². The zero-order valence-corrected chi connectivity index (χ0v) is 22.0. The number of anilines is 1. The van der Waals surface area contributed by atoms with Crippen LogP contribution in [0.2, 0.25) is 0 Å². The second-order valence-electron chi connectivity index (χ2n) is 9.95. The molecule has 0 aliphatic carbocycles. The minimum Gasteiger partial charge on any atom is -0.455 e. The molecule has 0 aliphatic rings. The van der Waals surface area contributed by atoms with Crippen LogP contribution in [0.1, 0.15) is 5.56 Å². The summed E-state index contributed by atoms with van der Waals surface area (Å²) in [6.07, 6.45) is 2.20. The molecule has 1 aromatic heterocycles. The molecule has 0 radical (unpaired) electrons. The molecule has 0 saturated heterocycles. The average Bonchev–Trinajstić information content (AvgIpc) is 3.41. The van der Waals surface area contributed by atoms with Crippen molar-refractivity contribution in [2.75, 3.05) is 11.9 Å².